The smallest absolute Gasteiger partial charge is 0.416 e. The van der Waals surface area contributed by atoms with Crippen molar-refractivity contribution in [2.75, 3.05) is 37.3 Å². The molecule has 0 saturated carbocycles. The number of aromatic hydroxyl groups is 1. The maximum absolute atomic E-state index is 13.0. The first-order valence-electron chi connectivity index (χ1n) is 9.97. The number of nitrogens with one attached hydrogen (secondary N) is 1. The molecule has 3 aromatic rings. The highest BCUT2D eigenvalue weighted by Gasteiger charge is 2.37. The third-order valence-corrected chi connectivity index (χ3v) is 6.78. The molecule has 14 heteroatoms. The van der Waals surface area contributed by atoms with Gasteiger partial charge >= 0.3 is 6.18 Å². The van der Waals surface area contributed by atoms with Gasteiger partial charge in [-0.1, -0.05) is 0 Å². The van der Waals surface area contributed by atoms with Gasteiger partial charge in [-0.3, -0.25) is 0 Å². The van der Waals surface area contributed by atoms with Gasteiger partial charge in [0, 0.05) is 37.9 Å². The molecule has 9 nitrogen and oxygen atoms in total. The molecule has 178 valence electrons. The minimum atomic E-state index is -4.55. The Labute approximate surface area is 195 Å². The molecule has 1 unspecified atom stereocenters. The van der Waals surface area contributed by atoms with E-state index in [2.05, 4.69) is 32.4 Å². The molecule has 0 aliphatic carbocycles. The Bertz CT molecular complexity index is 1180. The van der Waals surface area contributed by atoms with Gasteiger partial charge in [0.2, 0.25) is 5.95 Å². The lowest BCUT2D eigenvalue weighted by Gasteiger charge is -2.34. The van der Waals surface area contributed by atoms with Crippen molar-refractivity contribution in [1.82, 2.24) is 28.6 Å². The van der Waals surface area contributed by atoms with Crippen molar-refractivity contribution in [3.63, 3.8) is 0 Å². The third-order valence-electron chi connectivity index (χ3n) is 5.46. The number of anilines is 1. The van der Waals surface area contributed by atoms with Crippen LogP contribution in [0.1, 0.15) is 11.1 Å². The van der Waals surface area contributed by atoms with E-state index >= 15 is 0 Å². The third kappa shape index (κ3) is 4.52. The maximum Gasteiger partial charge on any atom is 0.416 e. The van der Waals surface area contributed by atoms with Crippen LogP contribution in [0.2, 0.25) is 0 Å². The fourth-order valence-corrected chi connectivity index (χ4v) is 5.12. The summed E-state index contributed by atoms with van der Waals surface area (Å²) in [6.45, 7) is 3.93. The highest BCUT2D eigenvalue weighted by molar-refractivity contribution is 7.80. The van der Waals surface area contributed by atoms with Crippen molar-refractivity contribution in [1.29, 1.82) is 0 Å². The Morgan fingerprint density at radius 1 is 1.24 bits per heavy atom. The Morgan fingerprint density at radius 2 is 2.00 bits per heavy atom. The van der Waals surface area contributed by atoms with Crippen LogP contribution in [0.5, 0.6) is 5.75 Å². The molecule has 2 aromatic heterocycles. The van der Waals surface area contributed by atoms with E-state index in [0.717, 1.165) is 6.07 Å². The van der Waals surface area contributed by atoms with Crippen LogP contribution in [0.25, 0.3) is 17.0 Å². The number of benzene rings is 1. The van der Waals surface area contributed by atoms with Crippen molar-refractivity contribution in [2.24, 2.45) is 0 Å². The second-order valence-corrected chi connectivity index (χ2v) is 8.75. The predicted molar refractivity (Wildman–Crippen MR) is 121 cm³/mol. The SMILES string of the molecule is CS.Cc1cc(C(F)(F)F)cc(O)c1-c1ccn2nc(N3CCN4[C@H](CNS4=O)C3)nc2n1. The molecule has 0 spiro atoms. The topological polar surface area (TPSA) is 98.9 Å². The molecule has 5 rings (SSSR count). The summed E-state index contributed by atoms with van der Waals surface area (Å²) in [5.41, 5.74) is -0.149. The number of phenols is 1. The number of aromatic nitrogens is 4. The Hall–Kier alpha value is -2.42. The minimum absolute atomic E-state index is 0.0939. The van der Waals surface area contributed by atoms with E-state index in [9.17, 15) is 22.5 Å². The van der Waals surface area contributed by atoms with Crippen LogP contribution in [-0.2, 0) is 17.3 Å². The molecule has 2 atom stereocenters. The molecule has 2 N–H and O–H groups in total. The number of alkyl halides is 3. The first-order valence-corrected chi connectivity index (χ1v) is 12.0. The van der Waals surface area contributed by atoms with Gasteiger partial charge < -0.3 is 10.0 Å². The van der Waals surface area contributed by atoms with Crippen molar-refractivity contribution >= 4 is 35.5 Å². The largest absolute Gasteiger partial charge is 0.507 e. The van der Waals surface area contributed by atoms with E-state index in [1.165, 1.54) is 11.4 Å². The second-order valence-electron chi connectivity index (χ2n) is 7.49. The van der Waals surface area contributed by atoms with Crippen molar-refractivity contribution in [2.45, 2.75) is 19.1 Å². The number of halogens is 3. The number of piperazine rings is 1. The van der Waals surface area contributed by atoms with Crippen LogP contribution in [0.3, 0.4) is 0 Å². The quantitative estimate of drug-likeness (QED) is 0.465. The summed E-state index contributed by atoms with van der Waals surface area (Å²) in [5.74, 6) is 0.235. The molecular weight excluding hydrogens is 479 g/mol. The molecule has 1 aromatic carbocycles. The first-order chi connectivity index (χ1) is 15.7. The van der Waals surface area contributed by atoms with E-state index in [1.54, 1.807) is 18.5 Å². The number of nitrogens with zero attached hydrogens (tertiary/aromatic N) is 6. The Morgan fingerprint density at radius 3 is 2.70 bits per heavy atom. The van der Waals surface area contributed by atoms with E-state index in [0.29, 0.717) is 43.9 Å². The zero-order chi connectivity index (χ0) is 23.9. The van der Waals surface area contributed by atoms with Crippen molar-refractivity contribution in [3.05, 3.63) is 35.5 Å². The van der Waals surface area contributed by atoms with Crippen molar-refractivity contribution < 1.29 is 22.5 Å². The summed E-state index contributed by atoms with van der Waals surface area (Å²) in [4.78, 5) is 10.9. The molecule has 0 amide bonds. The number of phenolic OH excluding ortho intramolecular Hbond substituents is 1. The van der Waals surface area contributed by atoms with Gasteiger partial charge in [-0.2, -0.15) is 30.8 Å². The fourth-order valence-electron chi connectivity index (χ4n) is 3.96. The molecule has 0 radical (unpaired) electrons. The normalized spacial score (nSPS) is 21.1. The monoisotopic (exact) mass is 501 g/mol. The molecule has 33 heavy (non-hydrogen) atoms. The van der Waals surface area contributed by atoms with Gasteiger partial charge in [0.15, 0.2) is 11.2 Å². The van der Waals surface area contributed by atoms with Crippen LogP contribution in [0.4, 0.5) is 19.1 Å². The highest BCUT2D eigenvalue weighted by atomic mass is 32.2. The summed E-state index contributed by atoms with van der Waals surface area (Å²) < 4.78 is 57.2. The van der Waals surface area contributed by atoms with Gasteiger partial charge in [-0.05, 0) is 36.9 Å². The lowest BCUT2D eigenvalue weighted by atomic mass is 10.0. The van der Waals surface area contributed by atoms with Crippen LogP contribution in [0.15, 0.2) is 24.4 Å². The van der Waals surface area contributed by atoms with Gasteiger partial charge in [0.25, 0.3) is 5.78 Å². The molecule has 4 heterocycles. The maximum atomic E-state index is 13.0. The second kappa shape index (κ2) is 9.08. The van der Waals surface area contributed by atoms with Gasteiger partial charge in [-0.15, -0.1) is 5.10 Å². The van der Waals surface area contributed by atoms with Crippen LogP contribution in [0, 0.1) is 6.92 Å². The minimum Gasteiger partial charge on any atom is -0.507 e. The Balaban J connectivity index is 0.00000126. The summed E-state index contributed by atoms with van der Waals surface area (Å²) in [5, 5.41) is 14.7. The van der Waals surface area contributed by atoms with Crippen LogP contribution < -0.4 is 9.62 Å². The summed E-state index contributed by atoms with van der Waals surface area (Å²) >= 11 is 2.37. The number of aryl methyl sites for hydroxylation is 1. The highest BCUT2D eigenvalue weighted by Crippen LogP contribution is 2.38. The average molecular weight is 502 g/mol. The average Bonchev–Trinajstić information content (AvgIpc) is 3.37. The van der Waals surface area contributed by atoms with Crippen molar-refractivity contribution in [3.8, 4) is 17.0 Å². The Kier molecular flexibility index (Phi) is 6.53. The number of thiol groups is 1. The van der Waals surface area contributed by atoms with E-state index in [1.807, 2.05) is 9.21 Å². The van der Waals surface area contributed by atoms with E-state index in [4.69, 9.17) is 0 Å². The number of hydrogen-bond donors (Lipinski definition) is 3. The number of hydrogen-bond acceptors (Lipinski definition) is 7. The molecule has 2 aliphatic heterocycles. The van der Waals surface area contributed by atoms with E-state index in [-0.39, 0.29) is 22.9 Å². The zero-order valence-corrected chi connectivity index (χ0v) is 19.5. The molecule has 2 aliphatic rings. The fraction of sp³-hybridized carbons (Fsp3) is 0.421. The van der Waals surface area contributed by atoms with E-state index < -0.39 is 28.7 Å². The molecule has 2 fully saturated rings. The molecule has 0 bridgehead atoms. The van der Waals surface area contributed by atoms with Gasteiger partial charge in [0.05, 0.1) is 17.3 Å². The van der Waals surface area contributed by atoms with Crippen LogP contribution in [-0.4, -0.2) is 71.7 Å². The lowest BCUT2D eigenvalue weighted by molar-refractivity contribution is -0.137. The number of rotatable bonds is 2. The lowest BCUT2D eigenvalue weighted by Crippen LogP contribution is -2.51. The van der Waals surface area contributed by atoms with Gasteiger partial charge in [0.1, 0.15) is 5.75 Å². The summed E-state index contributed by atoms with van der Waals surface area (Å²) in [6, 6.07) is 3.34. The molecular formula is C19H22F3N7O2S2. The van der Waals surface area contributed by atoms with Crippen LogP contribution >= 0.6 is 12.6 Å². The molecule has 2 saturated heterocycles. The summed E-state index contributed by atoms with van der Waals surface area (Å²) in [7, 11) is 0. The zero-order valence-electron chi connectivity index (χ0n) is 17.7. The standard InChI is InChI=1S/C18H18F3N7O2S.CH4S/c1-10-6-11(18(19,20)21)7-14(29)15(10)13-2-3-27-16(23-13)24-17(25-27)26-4-5-28-12(9-26)8-22-31(28)30;1-2/h2-3,6-7,12,22,29H,4-5,8-9H2,1H3;2H,1H3/t12-,31?;/m1./s1. The van der Waals surface area contributed by atoms with Gasteiger partial charge in [-0.25, -0.2) is 22.7 Å². The predicted octanol–water partition coefficient (Wildman–Crippen LogP) is 2.04. The summed E-state index contributed by atoms with van der Waals surface area (Å²) in [6.07, 6.45) is -1.25. The number of fused-ring (bicyclic) bond motifs is 2. The first kappa shape index (κ1) is 23.7.